The molecule has 1 aromatic carbocycles. The van der Waals surface area contributed by atoms with Crippen LogP contribution in [0.4, 0.5) is 27.6 Å². The molecular formula is C17H16ClF5N4O. The van der Waals surface area contributed by atoms with Gasteiger partial charge >= 0.3 is 6.18 Å². The summed E-state index contributed by atoms with van der Waals surface area (Å²) in [6, 6.07) is 2.67. The van der Waals surface area contributed by atoms with Crippen LogP contribution in [0, 0.1) is 17.6 Å². The number of anilines is 1. The van der Waals surface area contributed by atoms with Crippen molar-refractivity contribution in [2.45, 2.75) is 12.6 Å². The molecule has 3 rings (SSSR count). The maximum atomic E-state index is 13.9. The molecule has 1 aliphatic rings. The van der Waals surface area contributed by atoms with E-state index in [-0.39, 0.29) is 28.9 Å². The van der Waals surface area contributed by atoms with E-state index >= 15 is 0 Å². The summed E-state index contributed by atoms with van der Waals surface area (Å²) in [6.07, 6.45) is -2.45. The zero-order valence-electron chi connectivity index (χ0n) is 14.4. The van der Waals surface area contributed by atoms with Crippen LogP contribution in [0.15, 0.2) is 29.2 Å². The minimum Gasteiger partial charge on any atom is -0.382 e. The van der Waals surface area contributed by atoms with Gasteiger partial charge in [0.05, 0.1) is 18.4 Å². The molecule has 1 fully saturated rings. The molecule has 2 aromatic rings. The van der Waals surface area contributed by atoms with Gasteiger partial charge in [0, 0.05) is 19.2 Å². The highest BCUT2D eigenvalue weighted by Gasteiger charge is 2.34. The molecule has 1 saturated heterocycles. The molecule has 0 radical (unpaired) electrons. The van der Waals surface area contributed by atoms with Crippen LogP contribution in [0.5, 0.6) is 0 Å². The normalized spacial score (nSPS) is 17.9. The highest BCUT2D eigenvalue weighted by Crippen LogP contribution is 2.24. The van der Waals surface area contributed by atoms with Crippen LogP contribution >= 0.6 is 11.6 Å². The minimum atomic E-state index is -4.24. The van der Waals surface area contributed by atoms with Gasteiger partial charge in [0.1, 0.15) is 16.5 Å². The van der Waals surface area contributed by atoms with Gasteiger partial charge in [-0.25, -0.2) is 8.78 Å². The molecule has 1 aliphatic heterocycles. The van der Waals surface area contributed by atoms with E-state index in [1.165, 1.54) is 11.1 Å². The predicted octanol–water partition coefficient (Wildman–Crippen LogP) is 3.46. The third kappa shape index (κ3) is 4.79. The van der Waals surface area contributed by atoms with Crippen LogP contribution in [0.1, 0.15) is 6.42 Å². The van der Waals surface area contributed by atoms with Gasteiger partial charge in [-0.1, -0.05) is 11.6 Å². The molecule has 2 heterocycles. The van der Waals surface area contributed by atoms with Gasteiger partial charge < -0.3 is 5.32 Å². The van der Waals surface area contributed by atoms with Crippen LogP contribution in [0.2, 0.25) is 5.02 Å². The van der Waals surface area contributed by atoms with Crippen molar-refractivity contribution in [1.29, 1.82) is 0 Å². The number of halogens is 6. The van der Waals surface area contributed by atoms with Gasteiger partial charge in [0.15, 0.2) is 5.82 Å². The Kier molecular flexibility index (Phi) is 5.90. The number of benzene rings is 1. The van der Waals surface area contributed by atoms with Gasteiger partial charge in [0.2, 0.25) is 0 Å². The third-order valence-corrected chi connectivity index (χ3v) is 4.78. The molecule has 1 N–H and O–H groups in total. The van der Waals surface area contributed by atoms with Crippen molar-refractivity contribution in [3.63, 3.8) is 0 Å². The first-order chi connectivity index (χ1) is 13.1. The monoisotopic (exact) mass is 422 g/mol. The highest BCUT2D eigenvalue weighted by atomic mass is 35.5. The molecule has 1 atom stereocenters. The summed E-state index contributed by atoms with van der Waals surface area (Å²) in [5.41, 5.74) is -0.861. The first kappa shape index (κ1) is 20.5. The molecule has 0 saturated carbocycles. The maximum Gasteiger partial charge on any atom is 0.401 e. The number of likely N-dealkylation sites (tertiary alicyclic amines) is 1. The lowest BCUT2D eigenvalue weighted by atomic mass is 10.1. The number of nitrogens with zero attached hydrogens (tertiary/aromatic N) is 3. The van der Waals surface area contributed by atoms with Crippen LogP contribution in [-0.4, -0.2) is 47.0 Å². The van der Waals surface area contributed by atoms with E-state index in [1.807, 2.05) is 0 Å². The Morgan fingerprint density at radius 2 is 2.04 bits per heavy atom. The largest absolute Gasteiger partial charge is 0.401 e. The van der Waals surface area contributed by atoms with Crippen LogP contribution in [0.3, 0.4) is 0 Å². The van der Waals surface area contributed by atoms with E-state index in [2.05, 4.69) is 10.4 Å². The Morgan fingerprint density at radius 3 is 2.71 bits per heavy atom. The molecule has 28 heavy (non-hydrogen) atoms. The van der Waals surface area contributed by atoms with Gasteiger partial charge in [-0.05, 0) is 31.0 Å². The summed E-state index contributed by atoms with van der Waals surface area (Å²) < 4.78 is 64.9. The zero-order chi connectivity index (χ0) is 20.5. The Bertz CT molecular complexity index is 917. The Balaban J connectivity index is 1.68. The fourth-order valence-corrected chi connectivity index (χ4v) is 3.31. The summed E-state index contributed by atoms with van der Waals surface area (Å²) in [4.78, 5) is 13.7. The van der Waals surface area contributed by atoms with E-state index in [9.17, 15) is 26.7 Å². The van der Waals surface area contributed by atoms with E-state index in [4.69, 9.17) is 11.6 Å². The van der Waals surface area contributed by atoms with Gasteiger partial charge in [-0.3, -0.25) is 9.69 Å². The van der Waals surface area contributed by atoms with Crippen LogP contribution in [0.25, 0.3) is 5.69 Å². The van der Waals surface area contributed by atoms with Crippen molar-refractivity contribution in [2.24, 2.45) is 5.92 Å². The quantitative estimate of drug-likeness (QED) is 0.750. The van der Waals surface area contributed by atoms with Crippen molar-refractivity contribution < 1.29 is 22.0 Å². The van der Waals surface area contributed by atoms with E-state index in [0.29, 0.717) is 30.3 Å². The molecule has 5 nitrogen and oxygen atoms in total. The van der Waals surface area contributed by atoms with Crippen LogP contribution in [-0.2, 0) is 0 Å². The second-order valence-corrected chi connectivity index (χ2v) is 6.95. The standard InChI is InChI=1S/C17H16ClF5N4O/c18-15-13(24-6-10-3-4-26(8-10)9-17(21,22)23)7-25-27(16(15)28)14-2-1-11(19)5-12(14)20/h1-2,5,7,10,24H,3-4,6,8-9H2. The maximum absolute atomic E-state index is 13.9. The number of alkyl halides is 3. The first-order valence-electron chi connectivity index (χ1n) is 8.40. The lowest BCUT2D eigenvalue weighted by Crippen LogP contribution is -2.33. The van der Waals surface area contributed by atoms with Gasteiger partial charge in [0.25, 0.3) is 5.56 Å². The molecule has 0 spiro atoms. The summed E-state index contributed by atoms with van der Waals surface area (Å²) in [6.45, 7) is -0.0338. The zero-order valence-corrected chi connectivity index (χ0v) is 15.2. The van der Waals surface area contributed by atoms with Crippen molar-refractivity contribution in [2.75, 3.05) is 31.5 Å². The Hall–Kier alpha value is -2.20. The van der Waals surface area contributed by atoms with Gasteiger partial charge in [-0.15, -0.1) is 0 Å². The van der Waals surface area contributed by atoms with Crippen molar-refractivity contribution in [3.8, 4) is 5.69 Å². The molecule has 1 aromatic heterocycles. The smallest absolute Gasteiger partial charge is 0.382 e. The number of hydrogen-bond donors (Lipinski definition) is 1. The molecule has 152 valence electrons. The molecular weight excluding hydrogens is 407 g/mol. The topological polar surface area (TPSA) is 50.2 Å². The molecule has 0 bridgehead atoms. The summed E-state index contributed by atoms with van der Waals surface area (Å²) in [5.74, 6) is -1.81. The molecule has 1 unspecified atom stereocenters. The third-order valence-electron chi connectivity index (χ3n) is 4.41. The molecule has 0 aliphatic carbocycles. The Labute approximate surface area is 161 Å². The van der Waals surface area contributed by atoms with Crippen molar-refractivity contribution >= 4 is 17.3 Å². The van der Waals surface area contributed by atoms with Crippen molar-refractivity contribution in [1.82, 2.24) is 14.7 Å². The average Bonchev–Trinajstić information content (AvgIpc) is 3.02. The van der Waals surface area contributed by atoms with Gasteiger partial charge in [-0.2, -0.15) is 23.0 Å². The highest BCUT2D eigenvalue weighted by molar-refractivity contribution is 6.32. The SMILES string of the molecule is O=c1c(Cl)c(NCC2CCN(CC(F)(F)F)C2)cnn1-c1ccc(F)cc1F. The molecule has 0 amide bonds. The number of aromatic nitrogens is 2. The summed E-state index contributed by atoms with van der Waals surface area (Å²) in [7, 11) is 0. The lowest BCUT2D eigenvalue weighted by molar-refractivity contribution is -0.143. The fourth-order valence-electron chi connectivity index (χ4n) is 3.11. The average molecular weight is 423 g/mol. The van der Waals surface area contributed by atoms with Crippen LogP contribution < -0.4 is 10.9 Å². The summed E-state index contributed by atoms with van der Waals surface area (Å²) >= 11 is 6.04. The molecule has 11 heteroatoms. The second-order valence-electron chi connectivity index (χ2n) is 6.57. The summed E-state index contributed by atoms with van der Waals surface area (Å²) in [5, 5.41) is 6.51. The van der Waals surface area contributed by atoms with E-state index in [0.717, 1.165) is 12.1 Å². The van der Waals surface area contributed by atoms with Crippen molar-refractivity contribution in [3.05, 3.63) is 51.4 Å². The number of nitrogens with one attached hydrogen (secondary N) is 1. The number of rotatable bonds is 5. The Morgan fingerprint density at radius 1 is 1.29 bits per heavy atom. The predicted molar refractivity (Wildman–Crippen MR) is 93.9 cm³/mol. The van der Waals surface area contributed by atoms with E-state index < -0.39 is 29.9 Å². The number of hydrogen-bond acceptors (Lipinski definition) is 4. The second kappa shape index (κ2) is 8.04. The first-order valence-corrected chi connectivity index (χ1v) is 8.78. The minimum absolute atomic E-state index is 0.0459. The lowest BCUT2D eigenvalue weighted by Gasteiger charge is -2.18. The van der Waals surface area contributed by atoms with E-state index in [1.54, 1.807) is 0 Å². The fraction of sp³-hybridized carbons (Fsp3) is 0.412.